The summed E-state index contributed by atoms with van der Waals surface area (Å²) >= 11 is 5.42. The fourth-order valence-corrected chi connectivity index (χ4v) is 1.62. The molecule has 2 amide bonds. The van der Waals surface area contributed by atoms with Gasteiger partial charge in [-0.25, -0.2) is 0 Å². The molecule has 0 saturated heterocycles. The molecule has 1 rings (SSSR count). The predicted molar refractivity (Wildman–Crippen MR) is 73.6 cm³/mol. The molecular formula is C12H11ClF3N3O5. The first kappa shape index (κ1) is 19.5. The number of carbonyl (C=O) groups is 3. The summed E-state index contributed by atoms with van der Waals surface area (Å²) in [7, 11) is 0. The van der Waals surface area contributed by atoms with Gasteiger partial charge >= 0.3 is 12.1 Å². The van der Waals surface area contributed by atoms with E-state index in [1.165, 1.54) is 0 Å². The summed E-state index contributed by atoms with van der Waals surface area (Å²) in [6.45, 7) is -0.563. The first-order chi connectivity index (χ1) is 11.0. The van der Waals surface area contributed by atoms with E-state index in [9.17, 15) is 32.3 Å². The average molecular weight is 370 g/mol. The number of aromatic nitrogens is 1. The van der Waals surface area contributed by atoms with Crippen molar-refractivity contribution in [2.24, 2.45) is 0 Å². The van der Waals surface area contributed by atoms with Gasteiger partial charge in [-0.3, -0.25) is 30.0 Å². The average Bonchev–Trinajstić information content (AvgIpc) is 2.46. The molecule has 0 unspecified atom stereocenters. The highest BCUT2D eigenvalue weighted by Gasteiger charge is 2.32. The summed E-state index contributed by atoms with van der Waals surface area (Å²) in [5.74, 6) is -2.60. The van der Waals surface area contributed by atoms with Crippen LogP contribution in [-0.4, -0.2) is 29.0 Å². The monoisotopic (exact) mass is 369 g/mol. The zero-order valence-electron chi connectivity index (χ0n) is 12.1. The second-order valence-corrected chi connectivity index (χ2v) is 4.80. The zero-order valence-corrected chi connectivity index (χ0v) is 12.8. The Morgan fingerprint density at radius 1 is 1.29 bits per heavy atom. The predicted octanol–water partition coefficient (Wildman–Crippen LogP) is 0.231. The Hall–Kier alpha value is -2.56. The fourth-order valence-electron chi connectivity index (χ4n) is 1.40. The van der Waals surface area contributed by atoms with Gasteiger partial charge in [-0.15, -0.1) is 0 Å². The molecule has 0 aliphatic carbocycles. The van der Waals surface area contributed by atoms with Gasteiger partial charge in [0.05, 0.1) is 5.56 Å². The Morgan fingerprint density at radius 2 is 1.92 bits per heavy atom. The summed E-state index contributed by atoms with van der Waals surface area (Å²) in [4.78, 5) is 44.8. The number of nitrogens with one attached hydrogen (secondary N) is 2. The number of hydrazine groups is 1. The van der Waals surface area contributed by atoms with Gasteiger partial charge in [0.1, 0.15) is 11.6 Å². The number of hydrogen-bond donors (Lipinski definition) is 2. The molecule has 8 nitrogen and oxygen atoms in total. The molecule has 24 heavy (non-hydrogen) atoms. The third-order valence-electron chi connectivity index (χ3n) is 2.41. The van der Waals surface area contributed by atoms with Crippen molar-refractivity contribution in [2.45, 2.75) is 19.6 Å². The van der Waals surface area contributed by atoms with Gasteiger partial charge < -0.3 is 9.30 Å². The molecule has 0 aromatic carbocycles. The van der Waals surface area contributed by atoms with Crippen LogP contribution in [-0.2, 0) is 31.8 Å². The lowest BCUT2D eigenvalue weighted by Gasteiger charge is -2.11. The highest BCUT2D eigenvalue weighted by molar-refractivity contribution is 6.30. The minimum Gasteiger partial charge on any atom is -0.454 e. The minimum atomic E-state index is -4.76. The van der Waals surface area contributed by atoms with Crippen LogP contribution in [0.5, 0.6) is 0 Å². The summed E-state index contributed by atoms with van der Waals surface area (Å²) < 4.78 is 42.8. The van der Waals surface area contributed by atoms with Crippen LogP contribution in [0.4, 0.5) is 13.2 Å². The highest BCUT2D eigenvalue weighted by atomic mass is 35.5. The molecule has 0 atom stereocenters. The van der Waals surface area contributed by atoms with E-state index in [0.717, 1.165) is 6.92 Å². The van der Waals surface area contributed by atoms with E-state index in [1.807, 2.05) is 10.9 Å². The van der Waals surface area contributed by atoms with Gasteiger partial charge in [-0.05, 0) is 6.07 Å². The molecular weight excluding hydrogens is 359 g/mol. The van der Waals surface area contributed by atoms with Gasteiger partial charge in [-0.2, -0.15) is 13.2 Å². The van der Waals surface area contributed by atoms with Crippen LogP contribution in [0.2, 0.25) is 5.02 Å². The molecule has 0 spiro atoms. The van der Waals surface area contributed by atoms with Crippen molar-refractivity contribution in [3.05, 3.63) is 33.2 Å². The Balaban J connectivity index is 2.74. The fraction of sp³-hybridized carbons (Fsp3) is 0.333. The Kier molecular flexibility index (Phi) is 6.35. The molecule has 0 aliphatic rings. The Morgan fingerprint density at radius 3 is 2.46 bits per heavy atom. The number of halogens is 4. The third-order valence-corrected chi connectivity index (χ3v) is 2.68. The topological polar surface area (TPSA) is 106 Å². The lowest BCUT2D eigenvalue weighted by molar-refractivity contribution is -0.149. The summed E-state index contributed by atoms with van der Waals surface area (Å²) in [5, 5.41) is -0.721. The van der Waals surface area contributed by atoms with Crippen LogP contribution >= 0.6 is 11.6 Å². The number of nitrogens with zero attached hydrogens (tertiary/aromatic N) is 1. The van der Waals surface area contributed by atoms with Crippen LogP contribution in [0.25, 0.3) is 0 Å². The van der Waals surface area contributed by atoms with Crippen molar-refractivity contribution >= 4 is 29.4 Å². The molecule has 0 radical (unpaired) electrons. The molecule has 0 saturated carbocycles. The number of hydrogen-bond acceptors (Lipinski definition) is 5. The van der Waals surface area contributed by atoms with Crippen LogP contribution in [0, 0.1) is 0 Å². The quantitative estimate of drug-likeness (QED) is 0.584. The van der Waals surface area contributed by atoms with E-state index in [4.69, 9.17) is 11.6 Å². The molecule has 12 heteroatoms. The van der Waals surface area contributed by atoms with E-state index in [2.05, 4.69) is 4.74 Å². The molecule has 1 aromatic heterocycles. The van der Waals surface area contributed by atoms with Crippen LogP contribution in [0.15, 0.2) is 17.1 Å². The number of pyridine rings is 1. The zero-order chi connectivity index (χ0) is 18.5. The number of esters is 1. The molecule has 1 aromatic rings. The smallest absolute Gasteiger partial charge is 0.417 e. The Bertz CT molecular complexity index is 717. The van der Waals surface area contributed by atoms with Crippen molar-refractivity contribution in [3.8, 4) is 0 Å². The number of amides is 2. The first-order valence-corrected chi connectivity index (χ1v) is 6.56. The van der Waals surface area contributed by atoms with Gasteiger partial charge in [0.15, 0.2) is 6.61 Å². The number of rotatable bonds is 4. The van der Waals surface area contributed by atoms with Crippen molar-refractivity contribution < 1.29 is 32.3 Å². The molecule has 2 N–H and O–H groups in total. The summed E-state index contributed by atoms with van der Waals surface area (Å²) in [5.41, 5.74) is 1.59. The minimum absolute atomic E-state index is 0.410. The van der Waals surface area contributed by atoms with Crippen molar-refractivity contribution in [2.75, 3.05) is 6.61 Å². The molecule has 0 aliphatic heterocycles. The van der Waals surface area contributed by atoms with E-state index in [1.54, 1.807) is 0 Å². The lowest BCUT2D eigenvalue weighted by Crippen LogP contribution is -2.42. The Labute approximate surface area is 137 Å². The standard InChI is InChI=1S/C12H11ClF3N3O5/c1-6(20)17-18-9(21)5-24-10(22)4-19-3-7(12(14,15)16)2-8(13)11(19)23/h2-3H,4-5H2,1H3,(H,17,20)(H,18,21). The van der Waals surface area contributed by atoms with E-state index in [0.29, 0.717) is 16.8 Å². The van der Waals surface area contributed by atoms with Crippen LogP contribution in [0.1, 0.15) is 12.5 Å². The maximum Gasteiger partial charge on any atom is 0.417 e. The number of carbonyl (C=O) groups excluding carboxylic acids is 3. The van der Waals surface area contributed by atoms with Crippen molar-refractivity contribution in [1.82, 2.24) is 15.4 Å². The van der Waals surface area contributed by atoms with Crippen LogP contribution < -0.4 is 16.4 Å². The number of ether oxygens (including phenoxy) is 1. The number of alkyl halides is 3. The second kappa shape index (κ2) is 7.81. The lowest BCUT2D eigenvalue weighted by atomic mass is 10.2. The van der Waals surface area contributed by atoms with E-state index >= 15 is 0 Å². The highest BCUT2D eigenvalue weighted by Crippen LogP contribution is 2.29. The van der Waals surface area contributed by atoms with Crippen molar-refractivity contribution in [3.63, 3.8) is 0 Å². The van der Waals surface area contributed by atoms with Gasteiger partial charge in [0.25, 0.3) is 11.5 Å². The largest absolute Gasteiger partial charge is 0.454 e. The molecule has 1 heterocycles. The normalized spacial score (nSPS) is 10.9. The third kappa shape index (κ3) is 5.91. The van der Waals surface area contributed by atoms with Crippen LogP contribution in [0.3, 0.4) is 0 Å². The second-order valence-electron chi connectivity index (χ2n) is 4.40. The van der Waals surface area contributed by atoms with E-state index in [-0.39, 0.29) is 0 Å². The summed E-state index contributed by atoms with van der Waals surface area (Å²) in [6.07, 6.45) is -4.35. The molecule has 0 fully saturated rings. The maximum atomic E-state index is 12.6. The molecule has 0 bridgehead atoms. The van der Waals surface area contributed by atoms with E-state index < -0.39 is 53.3 Å². The first-order valence-electron chi connectivity index (χ1n) is 6.19. The maximum absolute atomic E-state index is 12.6. The van der Waals surface area contributed by atoms with Gasteiger partial charge in [-0.1, -0.05) is 11.6 Å². The van der Waals surface area contributed by atoms with Gasteiger partial charge in [0.2, 0.25) is 5.91 Å². The van der Waals surface area contributed by atoms with Crippen molar-refractivity contribution in [1.29, 1.82) is 0 Å². The van der Waals surface area contributed by atoms with Gasteiger partial charge in [0, 0.05) is 13.1 Å². The SMILES string of the molecule is CC(=O)NNC(=O)COC(=O)Cn1cc(C(F)(F)F)cc(Cl)c1=O. The summed E-state index contributed by atoms with van der Waals surface area (Å²) in [6, 6.07) is 0.437. The molecule has 132 valence electrons.